The number of nitrogens with one attached hydrogen (secondary N) is 3. The molecule has 3 rings (SSSR count). The van der Waals surface area contributed by atoms with Gasteiger partial charge in [-0.3, -0.25) is 9.89 Å². The van der Waals surface area contributed by atoms with Gasteiger partial charge in [-0.25, -0.2) is 5.21 Å². The van der Waals surface area contributed by atoms with Crippen LogP contribution in [0.3, 0.4) is 0 Å². The first-order chi connectivity index (χ1) is 14.0. The molecule has 0 bridgehead atoms. The highest BCUT2D eigenvalue weighted by atomic mass is 16.8. The second-order valence-electron chi connectivity index (χ2n) is 6.41. The maximum atomic E-state index is 12.2. The standard InChI is InChI=1S/C20H22N4O5/c1-29-18-11-13(9-10-17(18)25)20-14(12-21-23-20)5-4-8-19(26)22-15-6-2-3-7-16(15)24(27)28/h2-3,6-7,9-12,24-25,27H,4-5,8H2,1H3,(H,21,23)(H,22,26). The lowest BCUT2D eigenvalue weighted by molar-refractivity contribution is -0.990. The van der Waals surface area contributed by atoms with Crippen LogP contribution in [0.1, 0.15) is 18.4 Å². The van der Waals surface area contributed by atoms with E-state index >= 15 is 0 Å². The molecule has 152 valence electrons. The first-order valence-electron chi connectivity index (χ1n) is 9.01. The van der Waals surface area contributed by atoms with E-state index in [0.29, 0.717) is 18.6 Å². The molecule has 0 aliphatic heterocycles. The van der Waals surface area contributed by atoms with Gasteiger partial charge >= 0.3 is 0 Å². The summed E-state index contributed by atoms with van der Waals surface area (Å²) >= 11 is 0. The third-order valence-electron chi connectivity index (χ3n) is 4.47. The number of anilines is 1. The Bertz CT molecular complexity index is 987. The van der Waals surface area contributed by atoms with Crippen molar-refractivity contribution < 1.29 is 25.1 Å². The van der Waals surface area contributed by atoms with E-state index in [-0.39, 0.29) is 29.5 Å². The number of methoxy groups -OCH3 is 1. The second kappa shape index (κ2) is 9.20. The van der Waals surface area contributed by atoms with Crippen LogP contribution in [-0.4, -0.2) is 33.5 Å². The molecule has 1 aromatic heterocycles. The molecule has 0 aliphatic carbocycles. The second-order valence-corrected chi connectivity index (χ2v) is 6.41. The number of hydrogen-bond donors (Lipinski definition) is 5. The number of rotatable bonds is 8. The highest BCUT2D eigenvalue weighted by molar-refractivity contribution is 5.92. The summed E-state index contributed by atoms with van der Waals surface area (Å²) in [5.74, 6) is 0.158. The highest BCUT2D eigenvalue weighted by Gasteiger charge is 2.13. The van der Waals surface area contributed by atoms with E-state index in [1.807, 2.05) is 0 Å². The van der Waals surface area contributed by atoms with E-state index in [4.69, 9.17) is 4.74 Å². The number of ether oxygens (including phenoxy) is 1. The monoisotopic (exact) mass is 398 g/mol. The summed E-state index contributed by atoms with van der Waals surface area (Å²) in [6, 6.07) is 11.3. The number of H-pyrrole nitrogens is 1. The fraction of sp³-hybridized carbons (Fsp3) is 0.200. The molecule has 0 aliphatic rings. The molecule has 5 N–H and O–H groups in total. The number of phenolic OH excluding ortho intramolecular Hbond substituents is 1. The van der Waals surface area contributed by atoms with Crippen molar-refractivity contribution in [2.45, 2.75) is 19.3 Å². The number of carbonyl (C=O) groups is 1. The molecular weight excluding hydrogens is 376 g/mol. The summed E-state index contributed by atoms with van der Waals surface area (Å²) in [7, 11) is 1.48. The largest absolute Gasteiger partial charge is 0.595 e. The van der Waals surface area contributed by atoms with Crippen LogP contribution in [0, 0.1) is 5.21 Å². The summed E-state index contributed by atoms with van der Waals surface area (Å²) < 4.78 is 5.14. The van der Waals surface area contributed by atoms with E-state index in [9.17, 15) is 20.3 Å². The van der Waals surface area contributed by atoms with Crippen LogP contribution in [0.25, 0.3) is 11.3 Å². The summed E-state index contributed by atoms with van der Waals surface area (Å²) in [5, 5.41) is 38.7. The Hall–Kier alpha value is -3.40. The van der Waals surface area contributed by atoms with Gasteiger partial charge in [0.2, 0.25) is 5.91 Å². The van der Waals surface area contributed by atoms with Gasteiger partial charge in [0.05, 0.1) is 19.0 Å². The van der Waals surface area contributed by atoms with E-state index in [0.717, 1.165) is 16.8 Å². The Morgan fingerprint density at radius 2 is 2.10 bits per heavy atom. The molecule has 1 amide bonds. The summed E-state index contributed by atoms with van der Waals surface area (Å²) in [4.78, 5) is 12.2. The number of amides is 1. The Labute approximate surface area is 167 Å². The Morgan fingerprint density at radius 3 is 2.86 bits per heavy atom. The van der Waals surface area contributed by atoms with Gasteiger partial charge in [0.1, 0.15) is 5.69 Å². The number of benzene rings is 2. The minimum absolute atomic E-state index is 0.0515. The lowest BCUT2D eigenvalue weighted by Gasteiger charge is -2.15. The highest BCUT2D eigenvalue weighted by Crippen LogP contribution is 2.32. The third kappa shape index (κ3) is 4.91. The topological polar surface area (TPSA) is 135 Å². The van der Waals surface area contributed by atoms with Crippen molar-refractivity contribution in [3.63, 3.8) is 0 Å². The Balaban J connectivity index is 1.61. The fourth-order valence-electron chi connectivity index (χ4n) is 3.01. The molecule has 3 aromatic rings. The number of quaternary nitrogens is 1. The van der Waals surface area contributed by atoms with Crippen molar-refractivity contribution in [3.05, 3.63) is 59.4 Å². The van der Waals surface area contributed by atoms with Crippen molar-refractivity contribution in [1.29, 1.82) is 0 Å². The average molecular weight is 398 g/mol. The lowest BCUT2D eigenvalue weighted by Crippen LogP contribution is -2.99. The van der Waals surface area contributed by atoms with Crippen molar-refractivity contribution in [3.8, 4) is 22.8 Å². The van der Waals surface area contributed by atoms with Crippen LogP contribution >= 0.6 is 0 Å². The quantitative estimate of drug-likeness (QED) is 0.369. The predicted molar refractivity (Wildman–Crippen MR) is 106 cm³/mol. The van der Waals surface area contributed by atoms with Gasteiger partial charge in [0.25, 0.3) is 0 Å². The third-order valence-corrected chi connectivity index (χ3v) is 4.47. The predicted octanol–water partition coefficient (Wildman–Crippen LogP) is 2.16. The van der Waals surface area contributed by atoms with Crippen molar-refractivity contribution in [1.82, 2.24) is 10.2 Å². The van der Waals surface area contributed by atoms with E-state index in [1.165, 1.54) is 13.2 Å². The number of para-hydroxylation sites is 2. The minimum atomic E-state index is -1.09. The van der Waals surface area contributed by atoms with Gasteiger partial charge < -0.3 is 20.4 Å². The zero-order valence-corrected chi connectivity index (χ0v) is 15.8. The van der Waals surface area contributed by atoms with Crippen LogP contribution in [-0.2, 0) is 11.2 Å². The Kier molecular flexibility index (Phi) is 6.45. The van der Waals surface area contributed by atoms with Gasteiger partial charge in [-0.05, 0) is 42.7 Å². The molecule has 9 nitrogen and oxygen atoms in total. The maximum absolute atomic E-state index is 12.2. The summed E-state index contributed by atoms with van der Waals surface area (Å²) in [5.41, 5.74) is 2.87. The van der Waals surface area contributed by atoms with Crippen LogP contribution in [0.4, 0.5) is 11.4 Å². The molecule has 29 heavy (non-hydrogen) atoms. The molecule has 1 atom stereocenters. The molecule has 1 heterocycles. The number of aromatic amines is 1. The SMILES string of the molecule is COc1cc(-c2[nH]ncc2CCCC(=O)Nc2ccccc2[NH+]([O-])O)ccc1O. The number of hydrogen-bond acceptors (Lipinski definition) is 6. The number of aromatic nitrogens is 2. The number of aromatic hydroxyl groups is 1. The number of aryl methyl sites for hydroxylation is 1. The van der Waals surface area contributed by atoms with Gasteiger partial charge in [0.15, 0.2) is 17.2 Å². The van der Waals surface area contributed by atoms with Crippen molar-refractivity contribution in [2.24, 2.45) is 0 Å². The molecule has 9 heteroatoms. The molecule has 0 radical (unpaired) electrons. The Morgan fingerprint density at radius 1 is 1.31 bits per heavy atom. The number of phenols is 1. The molecule has 0 fully saturated rings. The lowest BCUT2D eigenvalue weighted by atomic mass is 10.0. The summed E-state index contributed by atoms with van der Waals surface area (Å²) in [6.07, 6.45) is 3.09. The first-order valence-corrected chi connectivity index (χ1v) is 9.01. The normalized spacial score (nSPS) is 11.8. The zero-order valence-electron chi connectivity index (χ0n) is 15.8. The summed E-state index contributed by atoms with van der Waals surface area (Å²) in [6.45, 7) is 0. The van der Waals surface area contributed by atoms with Crippen molar-refractivity contribution >= 4 is 17.3 Å². The van der Waals surface area contributed by atoms with E-state index in [2.05, 4.69) is 15.5 Å². The van der Waals surface area contributed by atoms with Gasteiger partial charge in [-0.15, -0.1) is 0 Å². The maximum Gasteiger partial charge on any atom is 0.224 e. The van der Waals surface area contributed by atoms with Crippen LogP contribution in [0.5, 0.6) is 11.5 Å². The molecular formula is C20H22N4O5. The average Bonchev–Trinajstić information content (AvgIpc) is 3.17. The smallest absolute Gasteiger partial charge is 0.224 e. The van der Waals surface area contributed by atoms with Gasteiger partial charge in [-0.1, -0.05) is 12.1 Å². The molecule has 1 unspecified atom stereocenters. The van der Waals surface area contributed by atoms with Crippen LogP contribution in [0.15, 0.2) is 48.7 Å². The zero-order chi connectivity index (χ0) is 20.8. The molecule has 0 saturated carbocycles. The molecule has 2 aromatic carbocycles. The van der Waals surface area contributed by atoms with Crippen molar-refractivity contribution in [2.75, 3.05) is 12.4 Å². The first kappa shape index (κ1) is 20.3. The number of nitrogens with zero attached hydrogens (tertiary/aromatic N) is 1. The van der Waals surface area contributed by atoms with Gasteiger partial charge in [0, 0.05) is 18.1 Å². The minimum Gasteiger partial charge on any atom is -0.595 e. The van der Waals surface area contributed by atoms with E-state index in [1.54, 1.807) is 42.6 Å². The molecule has 0 saturated heterocycles. The van der Waals surface area contributed by atoms with Crippen LogP contribution in [0.2, 0.25) is 0 Å². The molecule has 0 spiro atoms. The van der Waals surface area contributed by atoms with Gasteiger partial charge in [-0.2, -0.15) is 10.3 Å². The number of carbonyl (C=O) groups excluding carboxylic acids is 1. The van der Waals surface area contributed by atoms with E-state index < -0.39 is 5.23 Å². The fourth-order valence-corrected chi connectivity index (χ4v) is 3.01. The van der Waals surface area contributed by atoms with Crippen LogP contribution < -0.4 is 15.3 Å².